The number of ketones is 2. The Morgan fingerprint density at radius 2 is 1.43 bits per heavy atom. The lowest BCUT2D eigenvalue weighted by atomic mass is 9.78. The van der Waals surface area contributed by atoms with Crippen LogP contribution in [0.1, 0.15) is 37.8 Å². The second-order valence-corrected chi connectivity index (χ2v) is 7.37. The normalized spacial score (nSPS) is 14.8. The van der Waals surface area contributed by atoms with Gasteiger partial charge in [-0.3, -0.25) is 19.7 Å². The third-order valence-corrected chi connectivity index (χ3v) is 5.78. The first-order valence-electron chi connectivity index (χ1n) is 9.54. The topological polar surface area (TPSA) is 93.1 Å². The molecule has 0 bridgehead atoms. The molecule has 1 atom stereocenters. The van der Waals surface area contributed by atoms with Crippen LogP contribution in [0.2, 0.25) is 0 Å². The summed E-state index contributed by atoms with van der Waals surface area (Å²) in [6.45, 7) is 0. The lowest BCUT2D eigenvalue weighted by Gasteiger charge is -2.22. The molecule has 1 heterocycles. The van der Waals surface area contributed by atoms with Crippen LogP contribution in [0.15, 0.2) is 79.0 Å². The van der Waals surface area contributed by atoms with E-state index < -0.39 is 16.8 Å². The Hall–Kier alpha value is -4.06. The maximum atomic E-state index is 13.3. The fourth-order valence-electron chi connectivity index (χ4n) is 4.38. The van der Waals surface area contributed by atoms with Gasteiger partial charge in [0.15, 0.2) is 11.6 Å². The monoisotopic (exact) mass is 396 g/mol. The first-order valence-corrected chi connectivity index (χ1v) is 9.54. The quantitative estimate of drug-likeness (QED) is 0.301. The summed E-state index contributed by atoms with van der Waals surface area (Å²) >= 11 is 0. The summed E-state index contributed by atoms with van der Waals surface area (Å²) in [6, 6.07) is 20.6. The van der Waals surface area contributed by atoms with Gasteiger partial charge in [-0.2, -0.15) is 0 Å². The van der Waals surface area contributed by atoms with Gasteiger partial charge in [-0.1, -0.05) is 54.6 Å². The van der Waals surface area contributed by atoms with Crippen molar-refractivity contribution in [1.29, 1.82) is 0 Å². The molecule has 1 unspecified atom stereocenters. The Labute approximate surface area is 171 Å². The number of benzene rings is 3. The Kier molecular flexibility index (Phi) is 4.06. The molecular weight excluding hydrogens is 380 g/mol. The van der Waals surface area contributed by atoms with Gasteiger partial charge in [0.05, 0.1) is 10.8 Å². The van der Waals surface area contributed by atoms with E-state index in [4.69, 9.17) is 0 Å². The molecule has 0 saturated heterocycles. The van der Waals surface area contributed by atoms with Gasteiger partial charge in [-0.15, -0.1) is 0 Å². The van der Waals surface area contributed by atoms with Crippen molar-refractivity contribution in [2.75, 3.05) is 0 Å². The first-order chi connectivity index (χ1) is 14.6. The molecule has 146 valence electrons. The summed E-state index contributed by atoms with van der Waals surface area (Å²) in [5.74, 6) is -1.91. The molecular formula is C24H16N2O4. The number of aromatic amines is 1. The van der Waals surface area contributed by atoms with Gasteiger partial charge in [-0.25, -0.2) is 0 Å². The van der Waals surface area contributed by atoms with E-state index in [1.807, 2.05) is 30.5 Å². The summed E-state index contributed by atoms with van der Waals surface area (Å²) < 4.78 is 0. The summed E-state index contributed by atoms with van der Waals surface area (Å²) in [7, 11) is 0. The Morgan fingerprint density at radius 3 is 2.07 bits per heavy atom. The zero-order chi connectivity index (χ0) is 20.8. The largest absolute Gasteiger partial charge is 0.361 e. The average molecular weight is 396 g/mol. The van der Waals surface area contributed by atoms with Gasteiger partial charge in [0, 0.05) is 46.3 Å². The van der Waals surface area contributed by atoms with Crippen LogP contribution in [-0.4, -0.2) is 21.5 Å². The van der Waals surface area contributed by atoms with E-state index in [0.29, 0.717) is 16.7 Å². The van der Waals surface area contributed by atoms with Gasteiger partial charge in [-0.05, 0) is 17.2 Å². The molecule has 1 N–H and O–H groups in total. The van der Waals surface area contributed by atoms with Crippen molar-refractivity contribution in [3.05, 3.63) is 111 Å². The van der Waals surface area contributed by atoms with E-state index in [9.17, 15) is 19.7 Å². The summed E-state index contributed by atoms with van der Waals surface area (Å²) in [5.41, 5.74) is 3.22. The van der Waals surface area contributed by atoms with Crippen molar-refractivity contribution in [1.82, 2.24) is 4.98 Å². The first kappa shape index (κ1) is 18.0. The number of hydrogen-bond acceptors (Lipinski definition) is 4. The predicted octanol–water partition coefficient (Wildman–Crippen LogP) is 4.90. The molecule has 0 fully saturated rings. The van der Waals surface area contributed by atoms with Gasteiger partial charge < -0.3 is 4.98 Å². The number of nitrogens with one attached hydrogen (secondary N) is 1. The number of carbonyl (C=O) groups is 2. The van der Waals surface area contributed by atoms with Gasteiger partial charge in [0.2, 0.25) is 0 Å². The highest BCUT2D eigenvalue weighted by Gasteiger charge is 2.45. The Balaban J connectivity index is 1.71. The molecule has 1 aliphatic carbocycles. The smallest absolute Gasteiger partial charge is 0.269 e. The molecule has 5 rings (SSSR count). The second kappa shape index (κ2) is 6.77. The number of nitrogens with zero attached hydrogens (tertiary/aromatic N) is 1. The van der Waals surface area contributed by atoms with Gasteiger partial charge in [0.1, 0.15) is 0 Å². The van der Waals surface area contributed by atoms with Crippen molar-refractivity contribution in [3.63, 3.8) is 0 Å². The summed E-state index contributed by atoms with van der Waals surface area (Å²) in [6.07, 6.45) is 1.82. The van der Waals surface area contributed by atoms with Crippen LogP contribution >= 0.6 is 0 Å². The zero-order valence-electron chi connectivity index (χ0n) is 15.7. The maximum Gasteiger partial charge on any atom is 0.269 e. The highest BCUT2D eigenvalue weighted by Crippen LogP contribution is 2.43. The van der Waals surface area contributed by atoms with Crippen LogP contribution < -0.4 is 0 Å². The highest BCUT2D eigenvalue weighted by atomic mass is 16.6. The van der Waals surface area contributed by atoms with Crippen molar-refractivity contribution < 1.29 is 14.5 Å². The molecule has 30 heavy (non-hydrogen) atoms. The van der Waals surface area contributed by atoms with Crippen molar-refractivity contribution in [3.8, 4) is 0 Å². The Morgan fingerprint density at radius 1 is 0.833 bits per heavy atom. The number of hydrogen-bond donors (Lipinski definition) is 1. The average Bonchev–Trinajstić information content (AvgIpc) is 3.30. The van der Waals surface area contributed by atoms with Crippen LogP contribution in [0.25, 0.3) is 10.9 Å². The van der Waals surface area contributed by atoms with E-state index in [1.165, 1.54) is 12.1 Å². The van der Waals surface area contributed by atoms with E-state index in [2.05, 4.69) is 4.98 Å². The van der Waals surface area contributed by atoms with Gasteiger partial charge in [0.25, 0.3) is 5.69 Å². The number of Topliss-reactive ketones (excluding diaryl/α,β-unsaturated/α-hetero) is 2. The number of non-ortho nitro benzene ring substituents is 1. The van der Waals surface area contributed by atoms with Crippen LogP contribution in [0.4, 0.5) is 5.69 Å². The molecule has 0 saturated carbocycles. The molecule has 6 heteroatoms. The fourth-order valence-corrected chi connectivity index (χ4v) is 4.38. The molecule has 0 amide bonds. The van der Waals surface area contributed by atoms with Crippen LogP contribution in [0, 0.1) is 16.0 Å². The number of nitro benzene ring substituents is 1. The summed E-state index contributed by atoms with van der Waals surface area (Å²) in [5, 5.41) is 12.0. The lowest BCUT2D eigenvalue weighted by molar-refractivity contribution is -0.384. The lowest BCUT2D eigenvalue weighted by Crippen LogP contribution is -2.24. The van der Waals surface area contributed by atoms with Crippen LogP contribution in [0.5, 0.6) is 0 Å². The Bertz CT molecular complexity index is 1290. The van der Waals surface area contributed by atoms with Gasteiger partial charge >= 0.3 is 0 Å². The maximum absolute atomic E-state index is 13.3. The van der Waals surface area contributed by atoms with E-state index in [-0.39, 0.29) is 17.3 Å². The van der Waals surface area contributed by atoms with Crippen molar-refractivity contribution in [2.24, 2.45) is 5.92 Å². The zero-order valence-corrected chi connectivity index (χ0v) is 15.7. The minimum absolute atomic E-state index is 0.0382. The van der Waals surface area contributed by atoms with Crippen molar-refractivity contribution in [2.45, 2.75) is 5.92 Å². The molecule has 0 aliphatic heterocycles. The predicted molar refractivity (Wildman–Crippen MR) is 112 cm³/mol. The second-order valence-electron chi connectivity index (χ2n) is 7.37. The summed E-state index contributed by atoms with van der Waals surface area (Å²) in [4.78, 5) is 40.4. The van der Waals surface area contributed by atoms with E-state index in [0.717, 1.165) is 16.5 Å². The van der Waals surface area contributed by atoms with Crippen LogP contribution in [-0.2, 0) is 0 Å². The molecule has 1 aliphatic rings. The number of rotatable bonds is 4. The highest BCUT2D eigenvalue weighted by molar-refractivity contribution is 6.27. The third-order valence-electron chi connectivity index (χ3n) is 5.78. The standard InChI is InChI=1S/C24H16N2O4/c27-23-17-6-1-2-7-18(17)24(28)22(23)21(14-9-11-15(12-10-14)26(29)30)19-13-25-20-8-4-3-5-16(19)20/h1-13,21-22,25H. The number of para-hydroxylation sites is 1. The number of H-pyrrole nitrogens is 1. The number of aromatic nitrogens is 1. The SMILES string of the molecule is O=C1c2ccccc2C(=O)C1C(c1ccc([N+](=O)[O-])cc1)c1c[nH]c2ccccc12. The molecule has 3 aromatic carbocycles. The molecule has 4 aromatic rings. The minimum atomic E-state index is -0.914. The molecule has 0 spiro atoms. The van der Waals surface area contributed by atoms with E-state index in [1.54, 1.807) is 36.4 Å². The van der Waals surface area contributed by atoms with Crippen LogP contribution in [0.3, 0.4) is 0 Å². The van der Waals surface area contributed by atoms with E-state index >= 15 is 0 Å². The number of nitro groups is 1. The third kappa shape index (κ3) is 2.65. The number of fused-ring (bicyclic) bond motifs is 2. The van der Waals surface area contributed by atoms with Crippen molar-refractivity contribution >= 4 is 28.2 Å². The number of carbonyl (C=O) groups excluding carboxylic acids is 2. The molecule has 6 nitrogen and oxygen atoms in total. The molecule has 1 aromatic heterocycles. The fraction of sp³-hybridized carbons (Fsp3) is 0.0833. The molecule has 0 radical (unpaired) electrons. The minimum Gasteiger partial charge on any atom is -0.361 e.